The SMILES string of the molecule is CC(C)(C#N)NC(=O)C(Cc1ccco1)c1ccc(F)cc1. The number of nitriles is 1. The highest BCUT2D eigenvalue weighted by Crippen LogP contribution is 2.23. The molecule has 0 saturated carbocycles. The van der Waals surface area contributed by atoms with E-state index in [1.807, 2.05) is 6.07 Å². The quantitative estimate of drug-likeness (QED) is 0.922. The highest BCUT2D eigenvalue weighted by atomic mass is 19.1. The van der Waals surface area contributed by atoms with Gasteiger partial charge >= 0.3 is 0 Å². The van der Waals surface area contributed by atoms with E-state index in [0.717, 1.165) is 0 Å². The van der Waals surface area contributed by atoms with Gasteiger partial charge in [-0.3, -0.25) is 4.79 Å². The van der Waals surface area contributed by atoms with E-state index < -0.39 is 11.5 Å². The minimum absolute atomic E-state index is 0.297. The number of hydrogen-bond donors (Lipinski definition) is 1. The minimum Gasteiger partial charge on any atom is -0.469 e. The zero-order valence-electron chi connectivity index (χ0n) is 12.5. The van der Waals surface area contributed by atoms with E-state index in [-0.39, 0.29) is 11.7 Å². The van der Waals surface area contributed by atoms with Crippen LogP contribution in [-0.2, 0) is 11.2 Å². The van der Waals surface area contributed by atoms with Gasteiger partial charge < -0.3 is 9.73 Å². The molecule has 5 heteroatoms. The highest BCUT2D eigenvalue weighted by Gasteiger charge is 2.27. The van der Waals surface area contributed by atoms with Crippen LogP contribution in [0.3, 0.4) is 0 Å². The van der Waals surface area contributed by atoms with Gasteiger partial charge in [-0.2, -0.15) is 5.26 Å². The van der Waals surface area contributed by atoms with Gasteiger partial charge in [0.25, 0.3) is 0 Å². The van der Waals surface area contributed by atoms with Crippen LogP contribution in [0.25, 0.3) is 0 Å². The molecule has 0 saturated heterocycles. The fourth-order valence-corrected chi connectivity index (χ4v) is 2.11. The molecule has 1 unspecified atom stereocenters. The second-order valence-corrected chi connectivity index (χ2v) is 5.61. The van der Waals surface area contributed by atoms with Crippen LogP contribution in [0.1, 0.15) is 31.1 Å². The van der Waals surface area contributed by atoms with Crippen molar-refractivity contribution in [3.63, 3.8) is 0 Å². The Morgan fingerprint density at radius 1 is 1.36 bits per heavy atom. The van der Waals surface area contributed by atoms with Crippen LogP contribution < -0.4 is 5.32 Å². The number of rotatable bonds is 5. The maximum atomic E-state index is 13.1. The molecule has 0 radical (unpaired) electrons. The zero-order valence-corrected chi connectivity index (χ0v) is 12.5. The number of hydrogen-bond acceptors (Lipinski definition) is 3. The third kappa shape index (κ3) is 3.95. The summed E-state index contributed by atoms with van der Waals surface area (Å²) in [4.78, 5) is 12.5. The average molecular weight is 300 g/mol. The molecule has 0 aliphatic rings. The molecule has 114 valence electrons. The lowest BCUT2D eigenvalue weighted by Crippen LogP contribution is -2.44. The van der Waals surface area contributed by atoms with E-state index in [1.165, 1.54) is 18.4 Å². The Morgan fingerprint density at radius 3 is 2.59 bits per heavy atom. The zero-order chi connectivity index (χ0) is 16.2. The molecule has 4 nitrogen and oxygen atoms in total. The van der Waals surface area contributed by atoms with Crippen LogP contribution in [0.4, 0.5) is 4.39 Å². The summed E-state index contributed by atoms with van der Waals surface area (Å²) in [6.07, 6.45) is 1.88. The molecule has 1 aromatic carbocycles. The Balaban J connectivity index is 2.27. The van der Waals surface area contributed by atoms with Crippen molar-refractivity contribution in [2.75, 3.05) is 0 Å². The number of halogens is 1. The van der Waals surface area contributed by atoms with Crippen LogP contribution in [0, 0.1) is 17.1 Å². The smallest absolute Gasteiger partial charge is 0.229 e. The second-order valence-electron chi connectivity index (χ2n) is 5.61. The summed E-state index contributed by atoms with van der Waals surface area (Å²) in [6.45, 7) is 3.25. The molecule has 0 aliphatic carbocycles. The Bertz CT molecular complexity index is 670. The predicted molar refractivity (Wildman–Crippen MR) is 79.4 cm³/mol. The highest BCUT2D eigenvalue weighted by molar-refractivity contribution is 5.84. The van der Waals surface area contributed by atoms with E-state index in [1.54, 1.807) is 38.1 Å². The van der Waals surface area contributed by atoms with Crippen LogP contribution in [0.2, 0.25) is 0 Å². The van der Waals surface area contributed by atoms with Crippen LogP contribution in [-0.4, -0.2) is 11.4 Å². The van der Waals surface area contributed by atoms with Crippen molar-refractivity contribution in [1.82, 2.24) is 5.32 Å². The summed E-state index contributed by atoms with van der Waals surface area (Å²) in [5, 5.41) is 11.8. The molecular formula is C17H17FN2O2. The van der Waals surface area contributed by atoms with Crippen molar-refractivity contribution in [3.05, 3.63) is 59.8 Å². The van der Waals surface area contributed by atoms with E-state index >= 15 is 0 Å². The maximum Gasteiger partial charge on any atom is 0.229 e. The largest absolute Gasteiger partial charge is 0.469 e. The van der Waals surface area contributed by atoms with Gasteiger partial charge in [0.15, 0.2) is 0 Å². The molecule has 1 amide bonds. The molecule has 1 aromatic heterocycles. The lowest BCUT2D eigenvalue weighted by atomic mass is 9.92. The van der Waals surface area contributed by atoms with Gasteiger partial charge in [0.05, 0.1) is 18.3 Å². The summed E-state index contributed by atoms with van der Waals surface area (Å²) in [5.41, 5.74) is -0.303. The van der Waals surface area contributed by atoms with E-state index in [2.05, 4.69) is 5.32 Å². The summed E-state index contributed by atoms with van der Waals surface area (Å²) in [7, 11) is 0. The van der Waals surface area contributed by atoms with Crippen molar-refractivity contribution >= 4 is 5.91 Å². The van der Waals surface area contributed by atoms with Gasteiger partial charge in [0.2, 0.25) is 5.91 Å². The molecule has 2 aromatic rings. The summed E-state index contributed by atoms with van der Waals surface area (Å²) < 4.78 is 18.4. The average Bonchev–Trinajstić information content (AvgIpc) is 2.98. The van der Waals surface area contributed by atoms with E-state index in [9.17, 15) is 9.18 Å². The van der Waals surface area contributed by atoms with Crippen molar-refractivity contribution < 1.29 is 13.6 Å². The summed E-state index contributed by atoms with van der Waals surface area (Å²) in [6, 6.07) is 11.3. The monoisotopic (exact) mass is 300 g/mol. The molecular weight excluding hydrogens is 283 g/mol. The third-order valence-corrected chi connectivity index (χ3v) is 3.29. The van der Waals surface area contributed by atoms with Gasteiger partial charge in [-0.05, 0) is 43.7 Å². The van der Waals surface area contributed by atoms with Gasteiger partial charge in [-0.1, -0.05) is 12.1 Å². The topological polar surface area (TPSA) is 66.0 Å². The maximum absolute atomic E-state index is 13.1. The van der Waals surface area contributed by atoms with E-state index in [4.69, 9.17) is 9.68 Å². The lowest BCUT2D eigenvalue weighted by Gasteiger charge is -2.22. The number of amides is 1. The third-order valence-electron chi connectivity index (χ3n) is 3.29. The van der Waals surface area contributed by atoms with Crippen LogP contribution in [0.5, 0.6) is 0 Å². The Kier molecular flexibility index (Phi) is 4.62. The van der Waals surface area contributed by atoms with Gasteiger partial charge in [0, 0.05) is 6.42 Å². The minimum atomic E-state index is -0.974. The number of nitrogens with one attached hydrogen (secondary N) is 1. The van der Waals surface area contributed by atoms with Gasteiger partial charge in [-0.25, -0.2) is 4.39 Å². The van der Waals surface area contributed by atoms with Gasteiger partial charge in [0.1, 0.15) is 17.1 Å². The summed E-state index contributed by atoms with van der Waals surface area (Å²) in [5.74, 6) is -0.563. The molecule has 22 heavy (non-hydrogen) atoms. The van der Waals surface area contributed by atoms with Crippen molar-refractivity contribution in [1.29, 1.82) is 5.26 Å². The molecule has 0 bridgehead atoms. The molecule has 1 heterocycles. The number of carbonyl (C=O) groups excluding carboxylic acids is 1. The standard InChI is InChI=1S/C17H17FN2O2/c1-17(2,11-19)20-16(21)15(10-14-4-3-9-22-14)12-5-7-13(18)8-6-12/h3-9,15H,10H2,1-2H3,(H,20,21). The molecule has 1 atom stereocenters. The molecule has 1 N–H and O–H groups in total. The van der Waals surface area contributed by atoms with Crippen LogP contribution in [0.15, 0.2) is 47.1 Å². The number of carbonyl (C=O) groups is 1. The van der Waals surface area contributed by atoms with E-state index in [0.29, 0.717) is 17.7 Å². The molecule has 0 fully saturated rings. The second kappa shape index (κ2) is 6.44. The summed E-state index contributed by atoms with van der Waals surface area (Å²) >= 11 is 0. The first-order valence-corrected chi connectivity index (χ1v) is 6.92. The normalized spacial score (nSPS) is 12.5. The first-order valence-electron chi connectivity index (χ1n) is 6.92. The Morgan fingerprint density at radius 2 is 2.05 bits per heavy atom. The molecule has 0 spiro atoms. The van der Waals surface area contributed by atoms with Crippen molar-refractivity contribution in [3.8, 4) is 6.07 Å². The first-order chi connectivity index (χ1) is 10.4. The first kappa shape index (κ1) is 15.8. The Labute approximate surface area is 128 Å². The molecule has 0 aliphatic heterocycles. The van der Waals surface area contributed by atoms with Gasteiger partial charge in [-0.15, -0.1) is 0 Å². The number of nitrogens with zero attached hydrogens (tertiary/aromatic N) is 1. The Hall–Kier alpha value is -2.61. The van der Waals surface area contributed by atoms with Crippen molar-refractivity contribution in [2.24, 2.45) is 0 Å². The van der Waals surface area contributed by atoms with Crippen molar-refractivity contribution in [2.45, 2.75) is 31.7 Å². The predicted octanol–water partition coefficient (Wildman–Crippen LogP) is 3.16. The fourth-order valence-electron chi connectivity index (χ4n) is 2.11. The molecule has 2 rings (SSSR count). The number of furan rings is 1. The number of benzene rings is 1. The fraction of sp³-hybridized carbons (Fsp3) is 0.294. The van der Waals surface area contributed by atoms with Crippen LogP contribution >= 0.6 is 0 Å². The lowest BCUT2D eigenvalue weighted by molar-refractivity contribution is -0.123.